The standard InChI is InChI=1S/C12H15ClN4/c1-9(2)17-8-10(7-15-17)6-14-12-5-3-4-11(13)16-12/h3-5,7-9H,6H2,1-2H3,(H,14,16). The number of hydrogen-bond acceptors (Lipinski definition) is 3. The monoisotopic (exact) mass is 250 g/mol. The molecule has 0 radical (unpaired) electrons. The molecule has 2 heterocycles. The van der Waals surface area contributed by atoms with Gasteiger partial charge in [-0.25, -0.2) is 4.98 Å². The molecule has 0 saturated carbocycles. The number of aromatic nitrogens is 3. The van der Waals surface area contributed by atoms with E-state index in [1.54, 1.807) is 6.07 Å². The first-order chi connectivity index (χ1) is 8.15. The normalized spacial score (nSPS) is 10.8. The second-order valence-electron chi connectivity index (χ2n) is 4.12. The highest BCUT2D eigenvalue weighted by molar-refractivity contribution is 6.29. The van der Waals surface area contributed by atoms with Crippen molar-refractivity contribution in [3.05, 3.63) is 41.3 Å². The maximum absolute atomic E-state index is 5.80. The smallest absolute Gasteiger partial charge is 0.131 e. The zero-order valence-electron chi connectivity index (χ0n) is 9.89. The van der Waals surface area contributed by atoms with Crippen molar-refractivity contribution < 1.29 is 0 Å². The highest BCUT2D eigenvalue weighted by atomic mass is 35.5. The van der Waals surface area contributed by atoms with E-state index in [-0.39, 0.29) is 0 Å². The van der Waals surface area contributed by atoms with Crippen LogP contribution in [0.25, 0.3) is 0 Å². The average Bonchev–Trinajstić information content (AvgIpc) is 2.75. The molecule has 0 aliphatic rings. The van der Waals surface area contributed by atoms with Crippen molar-refractivity contribution in [2.24, 2.45) is 0 Å². The Hall–Kier alpha value is -1.55. The SMILES string of the molecule is CC(C)n1cc(CNc2cccc(Cl)n2)cn1. The summed E-state index contributed by atoms with van der Waals surface area (Å²) in [6, 6.07) is 5.89. The minimum atomic E-state index is 0.382. The molecule has 0 bridgehead atoms. The summed E-state index contributed by atoms with van der Waals surface area (Å²) in [5.41, 5.74) is 1.13. The summed E-state index contributed by atoms with van der Waals surface area (Å²) in [6.07, 6.45) is 3.89. The van der Waals surface area contributed by atoms with Crippen LogP contribution in [0, 0.1) is 0 Å². The summed E-state index contributed by atoms with van der Waals surface area (Å²) in [6.45, 7) is 4.89. The Kier molecular flexibility index (Phi) is 3.64. The number of anilines is 1. The maximum atomic E-state index is 5.80. The Balaban J connectivity index is 1.97. The van der Waals surface area contributed by atoms with Crippen LogP contribution in [0.15, 0.2) is 30.6 Å². The third-order valence-corrected chi connectivity index (χ3v) is 2.58. The van der Waals surface area contributed by atoms with Crippen LogP contribution >= 0.6 is 11.6 Å². The van der Waals surface area contributed by atoms with Crippen molar-refractivity contribution in [2.75, 3.05) is 5.32 Å². The zero-order chi connectivity index (χ0) is 12.3. The van der Waals surface area contributed by atoms with Gasteiger partial charge in [-0.05, 0) is 26.0 Å². The van der Waals surface area contributed by atoms with Crippen LogP contribution in [-0.2, 0) is 6.54 Å². The molecule has 5 heteroatoms. The maximum Gasteiger partial charge on any atom is 0.131 e. The van der Waals surface area contributed by atoms with Gasteiger partial charge in [0, 0.05) is 24.3 Å². The fourth-order valence-electron chi connectivity index (χ4n) is 1.45. The first-order valence-corrected chi connectivity index (χ1v) is 5.92. The van der Waals surface area contributed by atoms with Gasteiger partial charge in [0.15, 0.2) is 0 Å². The van der Waals surface area contributed by atoms with Crippen molar-refractivity contribution in [2.45, 2.75) is 26.4 Å². The van der Waals surface area contributed by atoms with Gasteiger partial charge < -0.3 is 5.32 Å². The van der Waals surface area contributed by atoms with Crippen LogP contribution in [-0.4, -0.2) is 14.8 Å². The third-order valence-electron chi connectivity index (χ3n) is 2.37. The molecule has 0 aliphatic carbocycles. The molecule has 2 aromatic heterocycles. The lowest BCUT2D eigenvalue weighted by Crippen LogP contribution is -2.02. The lowest BCUT2D eigenvalue weighted by Gasteiger charge is -2.04. The molecule has 0 aromatic carbocycles. The second kappa shape index (κ2) is 5.19. The molecule has 1 N–H and O–H groups in total. The van der Waals surface area contributed by atoms with E-state index in [4.69, 9.17) is 11.6 Å². The van der Waals surface area contributed by atoms with Crippen molar-refractivity contribution in [1.82, 2.24) is 14.8 Å². The summed E-state index contributed by atoms with van der Waals surface area (Å²) < 4.78 is 1.93. The zero-order valence-corrected chi connectivity index (χ0v) is 10.6. The van der Waals surface area contributed by atoms with E-state index in [1.165, 1.54) is 0 Å². The molecule has 17 heavy (non-hydrogen) atoms. The van der Waals surface area contributed by atoms with E-state index in [2.05, 4.69) is 29.2 Å². The first kappa shape index (κ1) is 11.9. The number of nitrogens with zero attached hydrogens (tertiary/aromatic N) is 3. The molecule has 0 saturated heterocycles. The molecule has 0 fully saturated rings. The predicted molar refractivity (Wildman–Crippen MR) is 69.2 cm³/mol. The molecular weight excluding hydrogens is 236 g/mol. The highest BCUT2D eigenvalue weighted by Crippen LogP contribution is 2.11. The minimum absolute atomic E-state index is 0.382. The van der Waals surface area contributed by atoms with Crippen LogP contribution < -0.4 is 5.32 Å². The van der Waals surface area contributed by atoms with Gasteiger partial charge in [0.1, 0.15) is 11.0 Å². The number of nitrogens with one attached hydrogen (secondary N) is 1. The van der Waals surface area contributed by atoms with E-state index in [9.17, 15) is 0 Å². The van der Waals surface area contributed by atoms with E-state index in [0.717, 1.165) is 11.4 Å². The molecule has 4 nitrogen and oxygen atoms in total. The van der Waals surface area contributed by atoms with Crippen molar-refractivity contribution in [3.8, 4) is 0 Å². The molecule has 2 rings (SSSR count). The van der Waals surface area contributed by atoms with Gasteiger partial charge in [0.2, 0.25) is 0 Å². The molecule has 0 unspecified atom stereocenters. The molecule has 2 aromatic rings. The van der Waals surface area contributed by atoms with Gasteiger partial charge in [0.25, 0.3) is 0 Å². The van der Waals surface area contributed by atoms with E-state index < -0.39 is 0 Å². The Morgan fingerprint density at radius 3 is 2.88 bits per heavy atom. The molecule has 0 aliphatic heterocycles. The summed E-state index contributed by atoms with van der Waals surface area (Å²) in [7, 11) is 0. The fourth-order valence-corrected chi connectivity index (χ4v) is 1.61. The summed E-state index contributed by atoms with van der Waals surface area (Å²) >= 11 is 5.80. The predicted octanol–water partition coefficient (Wildman–Crippen LogP) is 3.12. The van der Waals surface area contributed by atoms with Gasteiger partial charge in [0.05, 0.1) is 6.20 Å². The third kappa shape index (κ3) is 3.20. The molecule has 0 spiro atoms. The summed E-state index contributed by atoms with van der Waals surface area (Å²) in [4.78, 5) is 4.16. The lowest BCUT2D eigenvalue weighted by molar-refractivity contribution is 0.532. The van der Waals surface area contributed by atoms with Gasteiger partial charge >= 0.3 is 0 Å². The second-order valence-corrected chi connectivity index (χ2v) is 4.51. The first-order valence-electron chi connectivity index (χ1n) is 5.54. The van der Waals surface area contributed by atoms with Gasteiger partial charge in [-0.15, -0.1) is 0 Å². The Labute approximate surface area is 106 Å². The molecule has 0 atom stereocenters. The topological polar surface area (TPSA) is 42.7 Å². The van der Waals surface area contributed by atoms with Crippen molar-refractivity contribution >= 4 is 17.4 Å². The van der Waals surface area contributed by atoms with Crippen LogP contribution in [0.5, 0.6) is 0 Å². The van der Waals surface area contributed by atoms with E-state index >= 15 is 0 Å². The van der Waals surface area contributed by atoms with Crippen LogP contribution in [0.1, 0.15) is 25.5 Å². The van der Waals surface area contributed by atoms with Gasteiger partial charge in [-0.3, -0.25) is 4.68 Å². The molecular formula is C12H15ClN4. The minimum Gasteiger partial charge on any atom is -0.366 e. The number of pyridine rings is 1. The number of halogens is 1. The summed E-state index contributed by atoms with van der Waals surface area (Å²) in [5.74, 6) is 0.773. The molecule has 90 valence electrons. The van der Waals surface area contributed by atoms with E-state index in [1.807, 2.05) is 29.2 Å². The van der Waals surface area contributed by atoms with Crippen molar-refractivity contribution in [3.63, 3.8) is 0 Å². The largest absolute Gasteiger partial charge is 0.366 e. The van der Waals surface area contributed by atoms with Crippen LogP contribution in [0.3, 0.4) is 0 Å². The number of hydrogen-bond donors (Lipinski definition) is 1. The molecule has 0 amide bonds. The van der Waals surface area contributed by atoms with Gasteiger partial charge in [-0.1, -0.05) is 17.7 Å². The number of rotatable bonds is 4. The quantitative estimate of drug-likeness (QED) is 0.848. The van der Waals surface area contributed by atoms with Gasteiger partial charge in [-0.2, -0.15) is 5.10 Å². The van der Waals surface area contributed by atoms with Crippen LogP contribution in [0.4, 0.5) is 5.82 Å². The Bertz CT molecular complexity index is 493. The fraction of sp³-hybridized carbons (Fsp3) is 0.333. The summed E-state index contributed by atoms with van der Waals surface area (Å²) in [5, 5.41) is 7.97. The lowest BCUT2D eigenvalue weighted by atomic mass is 10.3. The van der Waals surface area contributed by atoms with Crippen LogP contribution in [0.2, 0.25) is 5.15 Å². The highest BCUT2D eigenvalue weighted by Gasteiger charge is 2.02. The van der Waals surface area contributed by atoms with Crippen molar-refractivity contribution in [1.29, 1.82) is 0 Å². The average molecular weight is 251 g/mol. The Morgan fingerprint density at radius 1 is 1.41 bits per heavy atom. The Morgan fingerprint density at radius 2 is 2.24 bits per heavy atom. The van der Waals surface area contributed by atoms with E-state index in [0.29, 0.717) is 17.7 Å².